The fourth-order valence-electron chi connectivity index (χ4n) is 2.15. The molecule has 0 unspecified atom stereocenters. The Bertz CT molecular complexity index is 647. The van der Waals surface area contributed by atoms with E-state index in [-0.39, 0.29) is 5.91 Å². The van der Waals surface area contributed by atoms with Crippen LogP contribution in [0.4, 0.5) is 11.4 Å². The zero-order chi connectivity index (χ0) is 15.6. The lowest BCUT2D eigenvalue weighted by Gasteiger charge is -2.22. The van der Waals surface area contributed by atoms with Crippen molar-refractivity contribution >= 4 is 17.3 Å². The number of aryl methyl sites for hydroxylation is 1. The van der Waals surface area contributed by atoms with Gasteiger partial charge in [0.1, 0.15) is 5.82 Å². The van der Waals surface area contributed by atoms with E-state index < -0.39 is 0 Å². The Labute approximate surface area is 124 Å². The molecule has 1 aromatic heterocycles. The predicted octanol–water partition coefficient (Wildman–Crippen LogP) is 1.34. The van der Waals surface area contributed by atoms with Crippen molar-refractivity contribution in [3.8, 4) is 0 Å². The van der Waals surface area contributed by atoms with E-state index >= 15 is 0 Å². The molecular formula is C15H21N5O. The number of benzene rings is 1. The fraction of sp³-hybridized carbons (Fsp3) is 0.333. The average molecular weight is 287 g/mol. The van der Waals surface area contributed by atoms with Crippen molar-refractivity contribution < 1.29 is 4.79 Å². The molecule has 21 heavy (non-hydrogen) atoms. The van der Waals surface area contributed by atoms with Gasteiger partial charge in [0.15, 0.2) is 0 Å². The van der Waals surface area contributed by atoms with Crippen LogP contribution >= 0.6 is 0 Å². The monoisotopic (exact) mass is 287 g/mol. The van der Waals surface area contributed by atoms with Crippen molar-refractivity contribution in [1.29, 1.82) is 0 Å². The van der Waals surface area contributed by atoms with E-state index in [0.717, 1.165) is 11.5 Å². The van der Waals surface area contributed by atoms with Crippen LogP contribution in [0.1, 0.15) is 16.2 Å². The molecule has 2 N–H and O–H groups in total. The largest absolute Gasteiger partial charge is 0.399 e. The number of imidazole rings is 1. The molecule has 6 heteroatoms. The molecule has 1 amide bonds. The summed E-state index contributed by atoms with van der Waals surface area (Å²) in [5.41, 5.74) is 7.84. The third-order valence-electron chi connectivity index (χ3n) is 3.38. The minimum Gasteiger partial charge on any atom is -0.399 e. The average Bonchev–Trinajstić information content (AvgIpc) is 2.83. The minimum atomic E-state index is -0.0750. The number of nitrogens with zero attached hydrogens (tertiary/aromatic N) is 4. The van der Waals surface area contributed by atoms with Crippen LogP contribution in [0, 0.1) is 0 Å². The summed E-state index contributed by atoms with van der Waals surface area (Å²) in [6.45, 7) is 0.448. The van der Waals surface area contributed by atoms with Crippen LogP contribution in [0.3, 0.4) is 0 Å². The topological polar surface area (TPSA) is 67.4 Å². The molecular weight excluding hydrogens is 266 g/mol. The Hall–Kier alpha value is -2.50. The van der Waals surface area contributed by atoms with Gasteiger partial charge in [-0.1, -0.05) is 0 Å². The highest BCUT2D eigenvalue weighted by atomic mass is 16.2. The van der Waals surface area contributed by atoms with Crippen LogP contribution in [0.15, 0.2) is 30.6 Å². The van der Waals surface area contributed by atoms with Crippen molar-refractivity contribution in [3.05, 3.63) is 42.0 Å². The van der Waals surface area contributed by atoms with Gasteiger partial charge in [0, 0.05) is 52.0 Å². The lowest BCUT2D eigenvalue weighted by atomic mass is 10.1. The van der Waals surface area contributed by atoms with E-state index in [0.29, 0.717) is 17.8 Å². The van der Waals surface area contributed by atoms with Crippen LogP contribution in [0.25, 0.3) is 0 Å². The number of carbonyl (C=O) groups excluding carboxylic acids is 1. The summed E-state index contributed by atoms with van der Waals surface area (Å²) in [6.07, 6.45) is 3.58. The first-order valence-electron chi connectivity index (χ1n) is 6.68. The first-order chi connectivity index (χ1) is 9.90. The molecule has 0 aliphatic carbocycles. The summed E-state index contributed by atoms with van der Waals surface area (Å²) in [5, 5.41) is 0. The lowest BCUT2D eigenvalue weighted by molar-refractivity contribution is 0.0781. The van der Waals surface area contributed by atoms with E-state index in [9.17, 15) is 4.79 Å². The molecule has 1 heterocycles. The molecule has 0 radical (unpaired) electrons. The molecule has 1 aromatic carbocycles. The number of nitrogens with two attached hydrogens (primary N) is 1. The summed E-state index contributed by atoms with van der Waals surface area (Å²) in [4.78, 5) is 20.5. The normalized spacial score (nSPS) is 10.5. The number of rotatable bonds is 4. The number of anilines is 2. The Kier molecular flexibility index (Phi) is 4.16. The van der Waals surface area contributed by atoms with Crippen LogP contribution in [-0.2, 0) is 13.6 Å². The number of nitrogen functional groups attached to an aromatic ring is 1. The summed E-state index contributed by atoms with van der Waals surface area (Å²) in [5.74, 6) is 0.759. The maximum absolute atomic E-state index is 12.7. The second-order valence-electron chi connectivity index (χ2n) is 5.29. The van der Waals surface area contributed by atoms with Crippen LogP contribution in [0.5, 0.6) is 0 Å². The third kappa shape index (κ3) is 3.16. The Morgan fingerprint density at radius 2 is 2.05 bits per heavy atom. The number of amides is 1. The number of aromatic nitrogens is 2. The highest BCUT2D eigenvalue weighted by molar-refractivity contribution is 6.00. The smallest absolute Gasteiger partial charge is 0.256 e. The molecule has 0 spiro atoms. The van der Waals surface area contributed by atoms with Gasteiger partial charge in [0.05, 0.1) is 12.1 Å². The summed E-state index contributed by atoms with van der Waals surface area (Å²) in [7, 11) is 7.48. The van der Waals surface area contributed by atoms with Crippen molar-refractivity contribution in [1.82, 2.24) is 14.5 Å². The van der Waals surface area contributed by atoms with Crippen molar-refractivity contribution in [2.45, 2.75) is 6.54 Å². The standard InChI is InChI=1S/C15H21N5O/c1-18(2)13-6-5-11(16)9-12(13)15(21)20(4)10-14-17-7-8-19(14)3/h5-9H,10,16H2,1-4H3. The highest BCUT2D eigenvalue weighted by Crippen LogP contribution is 2.23. The molecule has 0 bridgehead atoms. The Morgan fingerprint density at radius 1 is 1.33 bits per heavy atom. The van der Waals surface area contributed by atoms with Gasteiger partial charge < -0.3 is 20.1 Å². The molecule has 6 nitrogen and oxygen atoms in total. The zero-order valence-corrected chi connectivity index (χ0v) is 12.9. The summed E-state index contributed by atoms with van der Waals surface area (Å²) >= 11 is 0. The van der Waals surface area contributed by atoms with Gasteiger partial charge in [-0.2, -0.15) is 0 Å². The molecule has 0 fully saturated rings. The predicted molar refractivity (Wildman–Crippen MR) is 84.2 cm³/mol. The first-order valence-corrected chi connectivity index (χ1v) is 6.68. The molecule has 0 saturated carbocycles. The van der Waals surface area contributed by atoms with Crippen molar-refractivity contribution in [2.24, 2.45) is 7.05 Å². The van der Waals surface area contributed by atoms with Gasteiger partial charge in [-0.05, 0) is 18.2 Å². The maximum atomic E-state index is 12.7. The van der Waals surface area contributed by atoms with Crippen LogP contribution < -0.4 is 10.6 Å². The van der Waals surface area contributed by atoms with E-state index in [1.54, 1.807) is 30.3 Å². The zero-order valence-electron chi connectivity index (χ0n) is 12.9. The third-order valence-corrected chi connectivity index (χ3v) is 3.38. The van der Waals surface area contributed by atoms with E-state index in [4.69, 9.17) is 5.73 Å². The number of hydrogen-bond acceptors (Lipinski definition) is 4. The quantitative estimate of drug-likeness (QED) is 0.862. The highest BCUT2D eigenvalue weighted by Gasteiger charge is 2.18. The number of carbonyl (C=O) groups is 1. The second-order valence-corrected chi connectivity index (χ2v) is 5.29. The Balaban J connectivity index is 2.27. The molecule has 2 rings (SSSR count). The molecule has 2 aromatic rings. The second kappa shape index (κ2) is 5.87. The van der Waals surface area contributed by atoms with E-state index in [1.807, 2.05) is 42.9 Å². The van der Waals surface area contributed by atoms with Gasteiger partial charge in [-0.25, -0.2) is 4.98 Å². The van der Waals surface area contributed by atoms with Crippen molar-refractivity contribution in [3.63, 3.8) is 0 Å². The first kappa shape index (κ1) is 14.9. The van der Waals surface area contributed by atoms with Crippen LogP contribution in [0.2, 0.25) is 0 Å². The molecule has 0 aliphatic heterocycles. The van der Waals surface area contributed by atoms with Gasteiger partial charge >= 0.3 is 0 Å². The Morgan fingerprint density at radius 3 is 2.62 bits per heavy atom. The van der Waals surface area contributed by atoms with Gasteiger partial charge in [-0.3, -0.25) is 4.79 Å². The van der Waals surface area contributed by atoms with Gasteiger partial charge in [0.2, 0.25) is 0 Å². The van der Waals surface area contributed by atoms with Crippen molar-refractivity contribution in [2.75, 3.05) is 31.8 Å². The van der Waals surface area contributed by atoms with Gasteiger partial charge in [0.25, 0.3) is 5.91 Å². The van der Waals surface area contributed by atoms with Crippen LogP contribution in [-0.4, -0.2) is 41.5 Å². The SMILES string of the molecule is CN(Cc1nccn1C)C(=O)c1cc(N)ccc1N(C)C. The lowest BCUT2D eigenvalue weighted by Crippen LogP contribution is -2.29. The van der Waals surface area contributed by atoms with Gasteiger partial charge in [-0.15, -0.1) is 0 Å². The summed E-state index contributed by atoms with van der Waals surface area (Å²) in [6, 6.07) is 5.37. The summed E-state index contributed by atoms with van der Waals surface area (Å²) < 4.78 is 1.90. The molecule has 0 saturated heterocycles. The number of hydrogen-bond donors (Lipinski definition) is 1. The molecule has 0 aliphatic rings. The molecule has 112 valence electrons. The molecule has 0 atom stereocenters. The fourth-order valence-corrected chi connectivity index (χ4v) is 2.15. The minimum absolute atomic E-state index is 0.0750. The maximum Gasteiger partial charge on any atom is 0.256 e. The van der Waals surface area contributed by atoms with E-state index in [1.165, 1.54) is 0 Å². The van der Waals surface area contributed by atoms with E-state index in [2.05, 4.69) is 4.98 Å².